The number of nitrogens with one attached hydrogen (secondary N) is 2. The number of carbonyl (C=O) groups is 2. The molecule has 0 spiro atoms. The number of hydrogen-bond acceptors (Lipinski definition) is 5. The molecule has 0 saturated carbocycles. The van der Waals surface area contributed by atoms with E-state index in [0.29, 0.717) is 19.5 Å². The van der Waals surface area contributed by atoms with E-state index in [1.165, 1.54) is 0 Å². The second kappa shape index (κ2) is 11.5. The molecule has 1 saturated heterocycles. The van der Waals surface area contributed by atoms with E-state index in [9.17, 15) is 9.59 Å². The third kappa shape index (κ3) is 8.03. The van der Waals surface area contributed by atoms with Gasteiger partial charge in [-0.25, -0.2) is 0 Å². The van der Waals surface area contributed by atoms with Crippen LogP contribution in [0.2, 0.25) is 0 Å². The second-order valence-electron chi connectivity index (χ2n) is 8.08. The van der Waals surface area contributed by atoms with Crippen molar-refractivity contribution in [3.8, 4) is 11.5 Å². The summed E-state index contributed by atoms with van der Waals surface area (Å²) in [5.74, 6) is 1.57. The SMILES string of the molecule is CC(C)NC(=O)CN1CCN(CCC(=O)Nc2ccc(Oc3ccccc3)cc2)CC1. The van der Waals surface area contributed by atoms with Crippen LogP contribution < -0.4 is 15.4 Å². The van der Waals surface area contributed by atoms with Crippen molar-refractivity contribution in [2.45, 2.75) is 26.3 Å². The van der Waals surface area contributed by atoms with Crippen LogP contribution in [-0.2, 0) is 9.59 Å². The molecule has 1 aliphatic heterocycles. The first-order chi connectivity index (χ1) is 15.0. The maximum absolute atomic E-state index is 12.3. The molecule has 7 heteroatoms. The maximum atomic E-state index is 12.3. The van der Waals surface area contributed by atoms with Gasteiger partial charge in [-0.3, -0.25) is 14.5 Å². The number of para-hydroxylation sites is 1. The highest BCUT2D eigenvalue weighted by molar-refractivity contribution is 5.90. The van der Waals surface area contributed by atoms with Gasteiger partial charge in [0.25, 0.3) is 0 Å². The Balaban J connectivity index is 1.34. The molecule has 1 fully saturated rings. The predicted octanol–water partition coefficient (Wildman–Crippen LogP) is 2.95. The van der Waals surface area contributed by atoms with Crippen molar-refractivity contribution in [2.24, 2.45) is 0 Å². The number of carbonyl (C=O) groups excluding carboxylic acids is 2. The lowest BCUT2D eigenvalue weighted by molar-refractivity contribution is -0.123. The summed E-state index contributed by atoms with van der Waals surface area (Å²) >= 11 is 0. The van der Waals surface area contributed by atoms with E-state index in [4.69, 9.17) is 4.74 Å². The van der Waals surface area contributed by atoms with Crippen LogP contribution in [0.4, 0.5) is 5.69 Å². The fourth-order valence-electron chi connectivity index (χ4n) is 3.46. The topological polar surface area (TPSA) is 73.9 Å². The molecular formula is C24H32N4O3. The van der Waals surface area contributed by atoms with Gasteiger partial charge >= 0.3 is 0 Å². The molecule has 0 aliphatic carbocycles. The zero-order chi connectivity index (χ0) is 22.1. The second-order valence-corrected chi connectivity index (χ2v) is 8.08. The summed E-state index contributed by atoms with van der Waals surface area (Å²) in [6, 6.07) is 17.1. The first-order valence-corrected chi connectivity index (χ1v) is 10.8. The molecule has 166 valence electrons. The van der Waals surface area contributed by atoms with Crippen molar-refractivity contribution in [3.05, 3.63) is 54.6 Å². The molecular weight excluding hydrogens is 392 g/mol. The molecule has 0 aromatic heterocycles. The van der Waals surface area contributed by atoms with Crippen LogP contribution in [0.1, 0.15) is 20.3 Å². The minimum absolute atomic E-state index is 0.00420. The molecule has 2 amide bonds. The Hall–Kier alpha value is -2.90. The van der Waals surface area contributed by atoms with Crippen LogP contribution in [-0.4, -0.2) is 66.9 Å². The number of benzene rings is 2. The number of ether oxygens (including phenoxy) is 1. The molecule has 2 aromatic rings. The largest absolute Gasteiger partial charge is 0.457 e. The molecule has 0 unspecified atom stereocenters. The Bertz CT molecular complexity index is 832. The van der Waals surface area contributed by atoms with Crippen LogP contribution >= 0.6 is 0 Å². The van der Waals surface area contributed by atoms with Gasteiger partial charge in [0.2, 0.25) is 11.8 Å². The van der Waals surface area contributed by atoms with Crippen LogP contribution in [0.25, 0.3) is 0 Å². The van der Waals surface area contributed by atoms with Crippen LogP contribution in [0.3, 0.4) is 0 Å². The van der Waals surface area contributed by atoms with E-state index in [0.717, 1.165) is 43.4 Å². The van der Waals surface area contributed by atoms with Gasteiger partial charge in [0.1, 0.15) is 11.5 Å². The Morgan fingerprint density at radius 2 is 1.48 bits per heavy atom. The number of nitrogens with zero attached hydrogens (tertiary/aromatic N) is 2. The Morgan fingerprint density at radius 1 is 0.871 bits per heavy atom. The van der Waals surface area contributed by atoms with E-state index in [-0.39, 0.29) is 17.9 Å². The fraction of sp³-hybridized carbons (Fsp3) is 0.417. The third-order valence-electron chi connectivity index (χ3n) is 5.05. The summed E-state index contributed by atoms with van der Waals surface area (Å²) < 4.78 is 5.77. The van der Waals surface area contributed by atoms with Crippen molar-refractivity contribution in [2.75, 3.05) is 44.6 Å². The number of piperazine rings is 1. The average Bonchev–Trinajstić information content (AvgIpc) is 2.75. The fourth-order valence-corrected chi connectivity index (χ4v) is 3.46. The predicted molar refractivity (Wildman–Crippen MR) is 122 cm³/mol. The van der Waals surface area contributed by atoms with Gasteiger partial charge in [-0.2, -0.15) is 0 Å². The highest BCUT2D eigenvalue weighted by Crippen LogP contribution is 2.22. The molecule has 31 heavy (non-hydrogen) atoms. The van der Waals surface area contributed by atoms with E-state index >= 15 is 0 Å². The minimum Gasteiger partial charge on any atom is -0.457 e. The lowest BCUT2D eigenvalue weighted by Crippen LogP contribution is -2.50. The van der Waals surface area contributed by atoms with Gasteiger partial charge in [-0.1, -0.05) is 18.2 Å². The van der Waals surface area contributed by atoms with Gasteiger partial charge in [-0.15, -0.1) is 0 Å². The van der Waals surface area contributed by atoms with Crippen molar-refractivity contribution in [1.82, 2.24) is 15.1 Å². The van der Waals surface area contributed by atoms with Crippen molar-refractivity contribution in [1.29, 1.82) is 0 Å². The Kier molecular flexibility index (Phi) is 8.44. The summed E-state index contributed by atoms with van der Waals surface area (Å²) in [4.78, 5) is 28.6. The van der Waals surface area contributed by atoms with Crippen LogP contribution in [0.5, 0.6) is 11.5 Å². The first kappa shape index (κ1) is 22.8. The van der Waals surface area contributed by atoms with Gasteiger partial charge < -0.3 is 20.3 Å². The Morgan fingerprint density at radius 3 is 2.13 bits per heavy atom. The normalized spacial score (nSPS) is 14.9. The average molecular weight is 425 g/mol. The van der Waals surface area contributed by atoms with E-state index in [1.807, 2.05) is 68.4 Å². The highest BCUT2D eigenvalue weighted by Gasteiger charge is 2.19. The maximum Gasteiger partial charge on any atom is 0.234 e. The molecule has 2 N–H and O–H groups in total. The molecule has 7 nitrogen and oxygen atoms in total. The summed E-state index contributed by atoms with van der Waals surface area (Å²) in [6.45, 7) is 8.51. The van der Waals surface area contributed by atoms with Crippen molar-refractivity contribution < 1.29 is 14.3 Å². The van der Waals surface area contributed by atoms with E-state index < -0.39 is 0 Å². The molecule has 0 atom stereocenters. The van der Waals surface area contributed by atoms with Gasteiger partial charge in [0.15, 0.2) is 0 Å². The van der Waals surface area contributed by atoms with Gasteiger partial charge in [0.05, 0.1) is 6.54 Å². The zero-order valence-corrected chi connectivity index (χ0v) is 18.3. The lowest BCUT2D eigenvalue weighted by atomic mass is 10.2. The molecule has 2 aromatic carbocycles. The van der Waals surface area contributed by atoms with Crippen LogP contribution in [0, 0.1) is 0 Å². The molecule has 3 rings (SSSR count). The Labute approximate surface area is 184 Å². The molecule has 1 heterocycles. The monoisotopic (exact) mass is 424 g/mol. The highest BCUT2D eigenvalue weighted by atomic mass is 16.5. The standard InChI is InChI=1S/C24H32N4O3/c1-19(2)25-24(30)18-28-16-14-27(15-17-28)13-12-23(29)26-20-8-10-22(11-9-20)31-21-6-4-3-5-7-21/h3-11,19H,12-18H2,1-2H3,(H,25,30)(H,26,29). The summed E-state index contributed by atoms with van der Waals surface area (Å²) in [5.41, 5.74) is 0.756. The minimum atomic E-state index is -0.00420. The number of anilines is 1. The molecule has 1 aliphatic rings. The van der Waals surface area contributed by atoms with Crippen molar-refractivity contribution >= 4 is 17.5 Å². The summed E-state index contributed by atoms with van der Waals surface area (Å²) in [6.07, 6.45) is 0.441. The van der Waals surface area contributed by atoms with Gasteiger partial charge in [-0.05, 0) is 50.2 Å². The van der Waals surface area contributed by atoms with Gasteiger partial charge in [0, 0.05) is 50.9 Å². The third-order valence-corrected chi connectivity index (χ3v) is 5.05. The molecule has 0 radical (unpaired) electrons. The lowest BCUT2D eigenvalue weighted by Gasteiger charge is -2.34. The molecule has 0 bridgehead atoms. The quantitative estimate of drug-likeness (QED) is 0.648. The summed E-state index contributed by atoms with van der Waals surface area (Å²) in [7, 11) is 0. The van der Waals surface area contributed by atoms with Crippen LogP contribution in [0.15, 0.2) is 54.6 Å². The number of rotatable bonds is 9. The van der Waals surface area contributed by atoms with Crippen molar-refractivity contribution in [3.63, 3.8) is 0 Å². The van der Waals surface area contributed by atoms with E-state index in [2.05, 4.69) is 20.4 Å². The number of amides is 2. The smallest absolute Gasteiger partial charge is 0.234 e. The summed E-state index contributed by atoms with van der Waals surface area (Å²) in [5, 5.41) is 5.87. The first-order valence-electron chi connectivity index (χ1n) is 10.8. The number of hydrogen-bond donors (Lipinski definition) is 2. The zero-order valence-electron chi connectivity index (χ0n) is 18.3. The van der Waals surface area contributed by atoms with E-state index in [1.54, 1.807) is 0 Å².